The molecule has 0 bridgehead atoms. The van der Waals surface area contributed by atoms with Gasteiger partial charge in [-0.15, -0.1) is 0 Å². The van der Waals surface area contributed by atoms with Crippen molar-refractivity contribution in [2.24, 2.45) is 0 Å². The maximum atomic E-state index is 10.5. The highest BCUT2D eigenvalue weighted by atomic mass is 16.3. The Morgan fingerprint density at radius 2 is 1.72 bits per heavy atom. The Bertz CT molecular complexity index is 334. The molecular formula is C16H28NO+. The van der Waals surface area contributed by atoms with Gasteiger partial charge in [0.25, 0.3) is 0 Å². The number of aliphatic hydroxyl groups is 1. The average Bonchev–Trinajstić information content (AvgIpc) is 2.38. The lowest BCUT2D eigenvalue weighted by Crippen LogP contribution is -2.50. The van der Waals surface area contributed by atoms with E-state index in [4.69, 9.17) is 0 Å². The van der Waals surface area contributed by atoms with Crippen molar-refractivity contribution >= 4 is 0 Å². The van der Waals surface area contributed by atoms with E-state index in [9.17, 15) is 5.11 Å². The van der Waals surface area contributed by atoms with Crippen LogP contribution < -0.4 is 0 Å². The molecule has 0 aromatic heterocycles. The van der Waals surface area contributed by atoms with E-state index in [0.29, 0.717) is 0 Å². The molecule has 1 aromatic rings. The SMILES string of the molecule is CCCCC[N+](C)(C)C(C)C(O)c1ccccc1. The van der Waals surface area contributed by atoms with Crippen LogP contribution in [0.25, 0.3) is 0 Å². The molecule has 1 rings (SSSR count). The molecule has 0 radical (unpaired) electrons. The first kappa shape index (κ1) is 15.2. The van der Waals surface area contributed by atoms with Crippen LogP contribution in [0, 0.1) is 0 Å². The van der Waals surface area contributed by atoms with E-state index in [-0.39, 0.29) is 12.1 Å². The molecule has 2 heteroatoms. The van der Waals surface area contributed by atoms with Gasteiger partial charge in [0, 0.05) is 0 Å². The molecule has 0 saturated carbocycles. The number of hydrogen-bond acceptors (Lipinski definition) is 1. The number of rotatable bonds is 7. The van der Waals surface area contributed by atoms with Gasteiger partial charge in [0.2, 0.25) is 0 Å². The summed E-state index contributed by atoms with van der Waals surface area (Å²) in [6, 6.07) is 10.2. The first-order valence-electron chi connectivity index (χ1n) is 7.04. The Labute approximate surface area is 112 Å². The van der Waals surface area contributed by atoms with Gasteiger partial charge in [0.15, 0.2) is 0 Å². The normalized spacial score (nSPS) is 15.4. The zero-order chi connectivity index (χ0) is 13.6. The summed E-state index contributed by atoms with van der Waals surface area (Å²) in [6.45, 7) is 5.49. The first-order chi connectivity index (χ1) is 8.49. The summed E-state index contributed by atoms with van der Waals surface area (Å²) in [5.74, 6) is 0. The van der Waals surface area contributed by atoms with Crippen molar-refractivity contribution in [1.29, 1.82) is 0 Å². The van der Waals surface area contributed by atoms with E-state index in [1.807, 2.05) is 30.3 Å². The summed E-state index contributed by atoms with van der Waals surface area (Å²) in [7, 11) is 4.43. The second-order valence-electron chi connectivity index (χ2n) is 5.81. The van der Waals surface area contributed by atoms with Gasteiger partial charge in [0.05, 0.1) is 20.6 Å². The Kier molecular flexibility index (Phi) is 5.83. The Balaban J connectivity index is 2.64. The molecule has 0 aliphatic rings. The number of benzene rings is 1. The monoisotopic (exact) mass is 250 g/mol. The zero-order valence-corrected chi connectivity index (χ0v) is 12.3. The molecule has 0 aliphatic heterocycles. The second-order valence-corrected chi connectivity index (χ2v) is 5.81. The largest absolute Gasteiger partial charge is 0.382 e. The highest BCUT2D eigenvalue weighted by Gasteiger charge is 2.30. The molecule has 2 atom stereocenters. The van der Waals surface area contributed by atoms with Gasteiger partial charge in [-0.25, -0.2) is 0 Å². The summed E-state index contributed by atoms with van der Waals surface area (Å²) in [5, 5.41) is 10.5. The fraction of sp³-hybridized carbons (Fsp3) is 0.625. The fourth-order valence-electron chi connectivity index (χ4n) is 2.28. The third kappa shape index (κ3) is 4.11. The Morgan fingerprint density at radius 1 is 1.11 bits per heavy atom. The van der Waals surface area contributed by atoms with Crippen molar-refractivity contribution in [1.82, 2.24) is 0 Å². The lowest BCUT2D eigenvalue weighted by atomic mass is 10.0. The zero-order valence-electron chi connectivity index (χ0n) is 12.3. The predicted octanol–water partition coefficient (Wildman–Crippen LogP) is 3.38. The molecular weight excluding hydrogens is 222 g/mol. The van der Waals surface area contributed by atoms with E-state index in [1.54, 1.807) is 0 Å². The molecule has 0 amide bonds. The van der Waals surface area contributed by atoms with E-state index >= 15 is 0 Å². The van der Waals surface area contributed by atoms with Crippen molar-refractivity contribution in [3.8, 4) is 0 Å². The van der Waals surface area contributed by atoms with Crippen molar-refractivity contribution in [3.05, 3.63) is 35.9 Å². The summed E-state index contributed by atoms with van der Waals surface area (Å²) in [5.41, 5.74) is 1.02. The van der Waals surface area contributed by atoms with E-state index < -0.39 is 0 Å². The van der Waals surface area contributed by atoms with Crippen LogP contribution in [0.5, 0.6) is 0 Å². The molecule has 0 aliphatic carbocycles. The second kappa shape index (κ2) is 6.91. The van der Waals surface area contributed by atoms with E-state index in [0.717, 1.165) is 16.6 Å². The maximum absolute atomic E-state index is 10.5. The molecule has 2 nitrogen and oxygen atoms in total. The molecule has 1 aromatic carbocycles. The first-order valence-corrected chi connectivity index (χ1v) is 7.04. The van der Waals surface area contributed by atoms with Gasteiger partial charge in [-0.05, 0) is 25.3 Å². The minimum atomic E-state index is -0.386. The minimum Gasteiger partial charge on any atom is -0.382 e. The van der Waals surface area contributed by atoms with Gasteiger partial charge in [0.1, 0.15) is 12.1 Å². The fourth-order valence-corrected chi connectivity index (χ4v) is 2.28. The van der Waals surface area contributed by atoms with Crippen LogP contribution >= 0.6 is 0 Å². The minimum absolute atomic E-state index is 0.212. The molecule has 1 N–H and O–H groups in total. The average molecular weight is 250 g/mol. The van der Waals surface area contributed by atoms with Crippen molar-refractivity contribution in [2.45, 2.75) is 45.3 Å². The smallest absolute Gasteiger partial charge is 0.130 e. The maximum Gasteiger partial charge on any atom is 0.130 e. The van der Waals surface area contributed by atoms with Crippen molar-refractivity contribution in [3.63, 3.8) is 0 Å². The molecule has 0 saturated heterocycles. The lowest BCUT2D eigenvalue weighted by Gasteiger charge is -2.38. The van der Waals surface area contributed by atoms with Gasteiger partial charge in [-0.1, -0.05) is 43.7 Å². The van der Waals surface area contributed by atoms with Gasteiger partial charge in [-0.2, -0.15) is 0 Å². The summed E-state index contributed by atoms with van der Waals surface area (Å²) in [6.07, 6.45) is 3.36. The topological polar surface area (TPSA) is 20.2 Å². The quantitative estimate of drug-likeness (QED) is 0.581. The number of unbranched alkanes of at least 4 members (excludes halogenated alkanes) is 2. The molecule has 2 unspecified atom stereocenters. The Morgan fingerprint density at radius 3 is 2.28 bits per heavy atom. The lowest BCUT2D eigenvalue weighted by molar-refractivity contribution is -0.917. The summed E-state index contributed by atoms with van der Waals surface area (Å²) >= 11 is 0. The number of hydrogen-bond donors (Lipinski definition) is 1. The number of likely N-dealkylation sites (N-methyl/N-ethyl adjacent to an activating group) is 1. The van der Waals surface area contributed by atoms with Crippen LogP contribution in [0.15, 0.2) is 30.3 Å². The van der Waals surface area contributed by atoms with Crippen molar-refractivity contribution in [2.75, 3.05) is 20.6 Å². The number of aliphatic hydroxyl groups excluding tert-OH is 1. The van der Waals surface area contributed by atoms with Crippen LogP contribution in [-0.2, 0) is 0 Å². The predicted molar refractivity (Wildman–Crippen MR) is 77.4 cm³/mol. The Hall–Kier alpha value is -0.860. The summed E-state index contributed by atoms with van der Waals surface area (Å²) in [4.78, 5) is 0. The van der Waals surface area contributed by atoms with Crippen LogP contribution in [-0.4, -0.2) is 36.3 Å². The third-order valence-corrected chi connectivity index (χ3v) is 4.04. The number of quaternary nitrogens is 1. The molecule has 18 heavy (non-hydrogen) atoms. The standard InChI is InChI=1S/C16H28NO/c1-5-6-10-13-17(3,4)14(2)16(18)15-11-8-7-9-12-15/h7-9,11-12,14,16,18H,5-6,10,13H2,1-4H3/q+1. The van der Waals surface area contributed by atoms with Crippen LogP contribution in [0.4, 0.5) is 0 Å². The van der Waals surface area contributed by atoms with Gasteiger partial charge in [-0.3, -0.25) is 0 Å². The molecule has 102 valence electrons. The van der Waals surface area contributed by atoms with Crippen molar-refractivity contribution < 1.29 is 9.59 Å². The molecule has 0 heterocycles. The van der Waals surface area contributed by atoms with Crippen LogP contribution in [0.1, 0.15) is 44.8 Å². The molecule has 0 fully saturated rings. The highest BCUT2D eigenvalue weighted by molar-refractivity contribution is 5.18. The number of nitrogens with zero attached hydrogens (tertiary/aromatic N) is 1. The van der Waals surface area contributed by atoms with E-state index in [1.165, 1.54) is 19.3 Å². The van der Waals surface area contributed by atoms with Crippen LogP contribution in [0.2, 0.25) is 0 Å². The van der Waals surface area contributed by atoms with E-state index in [2.05, 4.69) is 27.9 Å². The highest BCUT2D eigenvalue weighted by Crippen LogP contribution is 2.24. The third-order valence-electron chi connectivity index (χ3n) is 4.04. The van der Waals surface area contributed by atoms with Gasteiger partial charge < -0.3 is 9.59 Å². The summed E-state index contributed by atoms with van der Waals surface area (Å²) < 4.78 is 0.871. The van der Waals surface area contributed by atoms with Crippen LogP contribution in [0.3, 0.4) is 0 Å². The molecule has 0 spiro atoms. The van der Waals surface area contributed by atoms with Gasteiger partial charge >= 0.3 is 0 Å².